The molecular formula is C26H33N3O4S. The predicted molar refractivity (Wildman–Crippen MR) is 135 cm³/mol. The lowest BCUT2D eigenvalue weighted by molar-refractivity contribution is 0.168. The highest BCUT2D eigenvalue weighted by atomic mass is 32.2. The summed E-state index contributed by atoms with van der Waals surface area (Å²) in [6.07, 6.45) is 4.32. The Balaban J connectivity index is 1.75. The van der Waals surface area contributed by atoms with Crippen molar-refractivity contribution < 1.29 is 17.9 Å². The molecule has 0 aliphatic heterocycles. The number of rotatable bonds is 5. The number of benzene rings is 1. The van der Waals surface area contributed by atoms with Crippen LogP contribution in [0.4, 0.5) is 10.5 Å². The first-order valence-corrected chi connectivity index (χ1v) is 13.1. The zero-order valence-corrected chi connectivity index (χ0v) is 21.0. The van der Waals surface area contributed by atoms with E-state index in [0.717, 1.165) is 36.9 Å². The predicted octanol–water partition coefficient (Wildman–Crippen LogP) is 4.95. The lowest BCUT2D eigenvalue weighted by Crippen LogP contribution is -2.45. The molecule has 0 spiro atoms. The van der Waals surface area contributed by atoms with Crippen molar-refractivity contribution in [1.82, 2.24) is 9.71 Å². The first-order valence-electron chi connectivity index (χ1n) is 11.6. The molecule has 2 N–H and O–H groups in total. The summed E-state index contributed by atoms with van der Waals surface area (Å²) in [5.41, 5.74) is 2.99. The summed E-state index contributed by atoms with van der Waals surface area (Å²) in [6, 6.07) is 11.3. The Hall–Kier alpha value is -2.89. The van der Waals surface area contributed by atoms with E-state index in [1.807, 2.05) is 36.4 Å². The molecule has 0 unspecified atom stereocenters. The molecule has 0 radical (unpaired) electrons. The molecule has 1 heterocycles. The highest BCUT2D eigenvalue weighted by Gasteiger charge is 2.32. The Morgan fingerprint density at radius 3 is 2.50 bits per heavy atom. The van der Waals surface area contributed by atoms with Crippen LogP contribution in [0.3, 0.4) is 0 Å². The quantitative estimate of drug-likeness (QED) is 0.587. The SMILES string of the molecule is CCOC(=O)Nc1ccc(-c2ccccn2)cc1C#CC1CCC(NS(=O)(=O)C(C)(C)C)CC1. The largest absolute Gasteiger partial charge is 0.450 e. The topological polar surface area (TPSA) is 97.4 Å². The summed E-state index contributed by atoms with van der Waals surface area (Å²) in [6.45, 7) is 7.14. The van der Waals surface area contributed by atoms with Gasteiger partial charge in [-0.2, -0.15) is 0 Å². The first kappa shape index (κ1) is 25.7. The molecule has 1 aromatic heterocycles. The van der Waals surface area contributed by atoms with E-state index in [1.54, 1.807) is 33.9 Å². The zero-order valence-electron chi connectivity index (χ0n) is 20.2. The molecule has 3 rings (SSSR count). The summed E-state index contributed by atoms with van der Waals surface area (Å²) in [5.74, 6) is 6.73. The van der Waals surface area contributed by atoms with Crippen LogP contribution < -0.4 is 10.0 Å². The summed E-state index contributed by atoms with van der Waals surface area (Å²) >= 11 is 0. The van der Waals surface area contributed by atoms with Gasteiger partial charge in [-0.05, 0) is 77.6 Å². The molecule has 0 bridgehead atoms. The fraction of sp³-hybridized carbons (Fsp3) is 0.462. The minimum Gasteiger partial charge on any atom is -0.450 e. The minimum atomic E-state index is -3.37. The van der Waals surface area contributed by atoms with E-state index < -0.39 is 20.9 Å². The monoisotopic (exact) mass is 483 g/mol. The average Bonchev–Trinajstić information content (AvgIpc) is 2.79. The van der Waals surface area contributed by atoms with Gasteiger partial charge in [0.05, 0.1) is 22.7 Å². The van der Waals surface area contributed by atoms with Gasteiger partial charge in [-0.25, -0.2) is 17.9 Å². The number of anilines is 1. The summed E-state index contributed by atoms with van der Waals surface area (Å²) in [5, 5.41) is 2.76. The number of hydrogen-bond acceptors (Lipinski definition) is 5. The Morgan fingerprint density at radius 2 is 1.88 bits per heavy atom. The Bertz CT molecular complexity index is 1150. The van der Waals surface area contributed by atoms with Crippen LogP contribution in [-0.2, 0) is 14.8 Å². The van der Waals surface area contributed by atoms with Crippen molar-refractivity contribution in [2.24, 2.45) is 5.92 Å². The van der Waals surface area contributed by atoms with Gasteiger partial charge >= 0.3 is 6.09 Å². The lowest BCUT2D eigenvalue weighted by Gasteiger charge is -2.29. The van der Waals surface area contributed by atoms with Crippen LogP contribution in [0.1, 0.15) is 58.9 Å². The number of nitrogens with one attached hydrogen (secondary N) is 2. The molecule has 1 fully saturated rings. The highest BCUT2D eigenvalue weighted by molar-refractivity contribution is 7.90. The molecule has 1 saturated carbocycles. The van der Waals surface area contributed by atoms with E-state index >= 15 is 0 Å². The fourth-order valence-electron chi connectivity index (χ4n) is 3.66. The van der Waals surface area contributed by atoms with Gasteiger partial charge in [0.1, 0.15) is 0 Å². The molecule has 1 aliphatic rings. The number of pyridine rings is 1. The van der Waals surface area contributed by atoms with E-state index in [4.69, 9.17) is 4.74 Å². The van der Waals surface area contributed by atoms with E-state index in [0.29, 0.717) is 11.3 Å². The zero-order chi connectivity index (χ0) is 24.8. The molecule has 0 atom stereocenters. The van der Waals surface area contributed by atoms with Gasteiger partial charge in [0.2, 0.25) is 10.0 Å². The molecule has 34 heavy (non-hydrogen) atoms. The number of sulfonamides is 1. The van der Waals surface area contributed by atoms with E-state index in [9.17, 15) is 13.2 Å². The molecule has 7 nitrogen and oxygen atoms in total. The number of hydrogen-bond donors (Lipinski definition) is 2. The minimum absolute atomic E-state index is 0.0594. The van der Waals surface area contributed by atoms with Crippen molar-refractivity contribution in [3.05, 3.63) is 48.2 Å². The molecule has 2 aromatic rings. The van der Waals surface area contributed by atoms with Crippen molar-refractivity contribution in [3.63, 3.8) is 0 Å². The Morgan fingerprint density at radius 1 is 1.15 bits per heavy atom. The Labute approximate surface area is 202 Å². The van der Waals surface area contributed by atoms with Gasteiger partial charge in [-0.15, -0.1) is 0 Å². The van der Waals surface area contributed by atoms with Crippen LogP contribution in [0.25, 0.3) is 11.3 Å². The third-order valence-corrected chi connectivity index (χ3v) is 8.01. The van der Waals surface area contributed by atoms with Gasteiger partial charge in [0.25, 0.3) is 0 Å². The first-order chi connectivity index (χ1) is 16.1. The van der Waals surface area contributed by atoms with Gasteiger partial charge in [-0.1, -0.05) is 24.0 Å². The molecule has 1 aliphatic carbocycles. The molecule has 8 heteroatoms. The standard InChI is InChI=1S/C26H33N3O4S/c1-5-33-25(30)28-24-16-13-20(23-8-6-7-17-27-23)18-21(24)12-9-19-10-14-22(15-11-19)29-34(31,32)26(2,3)4/h6-8,13,16-19,22,29H,5,10-11,14-15H2,1-4H3,(H,28,30). The third kappa shape index (κ3) is 6.81. The Kier molecular flexibility index (Phi) is 8.34. The van der Waals surface area contributed by atoms with Gasteiger partial charge in [-0.3, -0.25) is 10.3 Å². The lowest BCUT2D eigenvalue weighted by atomic mass is 9.87. The third-order valence-electron chi connectivity index (χ3n) is 5.76. The molecule has 0 saturated heterocycles. The normalized spacial score (nSPS) is 18.5. The van der Waals surface area contributed by atoms with Crippen molar-refractivity contribution in [1.29, 1.82) is 0 Å². The number of nitrogens with zero attached hydrogens (tertiary/aromatic N) is 1. The molecule has 1 aromatic carbocycles. The van der Waals surface area contributed by atoms with Crippen molar-refractivity contribution in [2.75, 3.05) is 11.9 Å². The molecule has 1 amide bonds. The number of carbonyl (C=O) groups is 1. The smallest absolute Gasteiger partial charge is 0.411 e. The van der Waals surface area contributed by atoms with E-state index in [-0.39, 0.29) is 18.6 Å². The van der Waals surface area contributed by atoms with Crippen LogP contribution in [-0.4, -0.2) is 36.9 Å². The number of aromatic nitrogens is 1. The van der Waals surface area contributed by atoms with Crippen molar-refractivity contribution in [3.8, 4) is 23.1 Å². The highest BCUT2D eigenvalue weighted by Crippen LogP contribution is 2.27. The van der Waals surface area contributed by atoms with Gasteiger partial charge in [0.15, 0.2) is 0 Å². The van der Waals surface area contributed by atoms with E-state index in [2.05, 4.69) is 26.9 Å². The van der Waals surface area contributed by atoms with Crippen LogP contribution in [0.5, 0.6) is 0 Å². The number of amides is 1. The second-order valence-electron chi connectivity index (χ2n) is 9.37. The maximum Gasteiger partial charge on any atom is 0.411 e. The second-order valence-corrected chi connectivity index (χ2v) is 11.8. The molecule has 182 valence electrons. The maximum absolute atomic E-state index is 12.4. The van der Waals surface area contributed by atoms with Crippen LogP contribution in [0.2, 0.25) is 0 Å². The van der Waals surface area contributed by atoms with Gasteiger partial charge < -0.3 is 4.74 Å². The van der Waals surface area contributed by atoms with E-state index in [1.165, 1.54) is 0 Å². The fourth-order valence-corrected chi connectivity index (χ4v) is 4.69. The van der Waals surface area contributed by atoms with Crippen LogP contribution in [0, 0.1) is 17.8 Å². The summed E-state index contributed by atoms with van der Waals surface area (Å²) < 4.78 is 31.9. The van der Waals surface area contributed by atoms with Gasteiger partial charge in [0, 0.05) is 29.3 Å². The van der Waals surface area contributed by atoms with Crippen LogP contribution >= 0.6 is 0 Å². The second kappa shape index (κ2) is 11.0. The summed E-state index contributed by atoms with van der Waals surface area (Å²) in [4.78, 5) is 16.4. The average molecular weight is 484 g/mol. The summed E-state index contributed by atoms with van der Waals surface area (Å²) in [7, 11) is -3.37. The molecular weight excluding hydrogens is 450 g/mol. The van der Waals surface area contributed by atoms with Crippen molar-refractivity contribution in [2.45, 2.75) is 64.2 Å². The number of carbonyl (C=O) groups excluding carboxylic acids is 1. The maximum atomic E-state index is 12.4. The van der Waals surface area contributed by atoms with Crippen molar-refractivity contribution >= 4 is 21.8 Å². The van der Waals surface area contributed by atoms with Crippen LogP contribution in [0.15, 0.2) is 42.6 Å². The number of ether oxygens (including phenoxy) is 1.